The molecule has 4 aromatic rings. The summed E-state index contributed by atoms with van der Waals surface area (Å²) in [4.78, 5) is 25.1. The topological polar surface area (TPSA) is 58.2 Å². The van der Waals surface area contributed by atoms with E-state index in [4.69, 9.17) is 0 Å². The van der Waals surface area contributed by atoms with Crippen LogP contribution in [0.15, 0.2) is 129 Å². The first-order valence-corrected chi connectivity index (χ1v) is 20.3. The van der Waals surface area contributed by atoms with Crippen molar-refractivity contribution in [3.8, 4) is 0 Å². The number of hydrogen-bond acceptors (Lipinski definition) is 2. The van der Waals surface area contributed by atoms with Crippen LogP contribution in [0, 0.1) is 23.3 Å². The van der Waals surface area contributed by atoms with Crippen molar-refractivity contribution in [2.24, 2.45) is 0 Å². The molecule has 2 N–H and O–H groups in total. The Morgan fingerprint density at radius 2 is 0.980 bits per heavy atom. The Morgan fingerprint density at radius 1 is 0.569 bits per heavy atom. The van der Waals surface area contributed by atoms with Crippen LogP contribution in [0.4, 0.5) is 17.6 Å². The fourth-order valence-corrected chi connectivity index (χ4v) is 15.4. The quantitative estimate of drug-likeness (QED) is 0.0794. The summed E-state index contributed by atoms with van der Waals surface area (Å²) in [5.74, 6) is -3.76. The summed E-state index contributed by atoms with van der Waals surface area (Å²) >= 11 is -4.97. The Hall–Kier alpha value is -4.79. The normalized spacial score (nSPS) is 13.6. The van der Waals surface area contributed by atoms with E-state index in [0.717, 1.165) is 0 Å². The Labute approximate surface area is 299 Å². The molecule has 0 unspecified atom stereocenters. The summed E-state index contributed by atoms with van der Waals surface area (Å²) in [6.07, 6.45) is 12.5. The van der Waals surface area contributed by atoms with Crippen LogP contribution in [0.3, 0.4) is 0 Å². The van der Waals surface area contributed by atoms with Crippen molar-refractivity contribution in [3.05, 3.63) is 175 Å². The molecule has 0 atom stereocenters. The summed E-state index contributed by atoms with van der Waals surface area (Å²) in [7, 11) is 0. The third kappa shape index (κ3) is 7.63. The van der Waals surface area contributed by atoms with E-state index in [0.29, 0.717) is 44.6 Å². The number of halogens is 4. The number of benzene rings is 4. The number of carbonyl (C=O) groups is 2. The molecule has 0 aliphatic heterocycles. The molecule has 51 heavy (non-hydrogen) atoms. The average molecular weight is 727 g/mol. The van der Waals surface area contributed by atoms with E-state index in [1.165, 1.54) is 24.3 Å². The molecule has 0 radical (unpaired) electrons. The molecule has 260 valence electrons. The van der Waals surface area contributed by atoms with Crippen LogP contribution in [0.25, 0.3) is 0 Å². The van der Waals surface area contributed by atoms with Gasteiger partial charge in [0.25, 0.3) is 0 Å². The summed E-state index contributed by atoms with van der Waals surface area (Å²) in [6.45, 7) is 0.515. The minimum atomic E-state index is -4.97. The Morgan fingerprint density at radius 3 is 1.35 bits per heavy atom. The second-order valence-corrected chi connectivity index (χ2v) is 18.5. The second kappa shape index (κ2) is 16.5. The molecule has 0 saturated heterocycles. The average Bonchev–Trinajstić information content (AvgIpc) is 3.90. The van der Waals surface area contributed by atoms with E-state index in [1.807, 2.05) is 24.3 Å². The van der Waals surface area contributed by atoms with Gasteiger partial charge in [0.15, 0.2) is 0 Å². The molecule has 0 aromatic heterocycles. The standard InChI is InChI=1S/2C16H14F2NO.2C5H5.Ti/c2*17-14-9-8-12(15(18)11-14)7-4-10-19-16(20)13-5-2-1-3-6-13;2*1-2-4-5-3-1;/h2*1-3,5-6,8-9H,4,7,10H2,(H,19,20);2*1-3H,4H2;. The van der Waals surface area contributed by atoms with Crippen molar-refractivity contribution in [2.75, 3.05) is 13.1 Å². The molecule has 2 aliphatic carbocycles. The van der Waals surface area contributed by atoms with Crippen LogP contribution >= 0.6 is 0 Å². The van der Waals surface area contributed by atoms with Gasteiger partial charge in [-0.05, 0) is 0 Å². The van der Waals surface area contributed by atoms with E-state index in [9.17, 15) is 9.59 Å². The monoisotopic (exact) mass is 726 g/mol. The van der Waals surface area contributed by atoms with Crippen LogP contribution in [-0.4, -0.2) is 24.9 Å². The maximum atomic E-state index is 17.0. The molecule has 2 amide bonds. The summed E-state index contributed by atoms with van der Waals surface area (Å²) in [5.41, 5.74) is 1.45. The first-order chi connectivity index (χ1) is 24.8. The van der Waals surface area contributed by atoms with Gasteiger partial charge in [0.1, 0.15) is 0 Å². The van der Waals surface area contributed by atoms with Crippen molar-refractivity contribution in [2.45, 2.75) is 38.5 Å². The molecule has 0 fully saturated rings. The van der Waals surface area contributed by atoms with Crippen LogP contribution in [0.2, 0.25) is 0 Å². The van der Waals surface area contributed by atoms with Gasteiger partial charge in [-0.3, -0.25) is 0 Å². The van der Waals surface area contributed by atoms with Gasteiger partial charge in [0, 0.05) is 0 Å². The summed E-state index contributed by atoms with van der Waals surface area (Å²) in [5, 5.41) is 5.67. The number of nitrogens with one attached hydrogen (secondary N) is 2. The first kappa shape index (κ1) is 36.0. The van der Waals surface area contributed by atoms with Crippen molar-refractivity contribution in [3.63, 3.8) is 0 Å². The van der Waals surface area contributed by atoms with Crippen molar-refractivity contribution in [1.82, 2.24) is 10.6 Å². The zero-order valence-electron chi connectivity index (χ0n) is 28.0. The molecule has 4 nitrogen and oxygen atoms in total. The Balaban J connectivity index is 1.34. The molecular formula is C42H38F4N2O2Ti. The molecule has 0 heterocycles. The first-order valence-electron chi connectivity index (χ1n) is 17.2. The maximum absolute atomic E-state index is 17.0. The van der Waals surface area contributed by atoms with Crippen LogP contribution in [-0.2, 0) is 29.4 Å². The van der Waals surface area contributed by atoms with Gasteiger partial charge in [0.2, 0.25) is 0 Å². The predicted molar refractivity (Wildman–Crippen MR) is 190 cm³/mol. The Bertz CT molecular complexity index is 1890. The van der Waals surface area contributed by atoms with Crippen LogP contribution in [0.1, 0.15) is 57.5 Å². The van der Waals surface area contributed by atoms with E-state index in [1.54, 1.807) is 72.8 Å². The molecule has 6 rings (SSSR count). The number of carbonyl (C=O) groups excluding carboxylic acids is 2. The molecule has 9 heteroatoms. The van der Waals surface area contributed by atoms with Gasteiger partial charge in [-0.15, -0.1) is 0 Å². The van der Waals surface area contributed by atoms with E-state index in [2.05, 4.69) is 10.6 Å². The molecule has 0 spiro atoms. The van der Waals surface area contributed by atoms with Crippen molar-refractivity contribution >= 4 is 19.6 Å². The molecule has 2 aliphatic rings. The number of aryl methyl sites for hydroxylation is 2. The fourth-order valence-electron chi connectivity index (χ4n) is 7.03. The third-order valence-corrected chi connectivity index (χ3v) is 17.4. The van der Waals surface area contributed by atoms with Crippen LogP contribution < -0.4 is 18.4 Å². The van der Waals surface area contributed by atoms with Crippen molar-refractivity contribution < 1.29 is 43.7 Å². The SMILES string of the molecule is O=C(NCCCc1ccc(F)[c]([Ti]([C]2=CC=CC2)([C]2=CC=CC2)[c]2c(F)ccc(CCCNC(=O)c3ccccc3)c2F)c1F)c1ccccc1. The number of rotatable bonds is 14. The van der Waals surface area contributed by atoms with E-state index < -0.39 is 39.9 Å². The van der Waals surface area contributed by atoms with Gasteiger partial charge in [-0.1, -0.05) is 0 Å². The molecule has 0 bridgehead atoms. The number of allylic oxidation sites excluding steroid dienone is 8. The third-order valence-electron chi connectivity index (χ3n) is 9.49. The fraction of sp³-hybridized carbons (Fsp3) is 0.190. The van der Waals surface area contributed by atoms with Crippen molar-refractivity contribution in [1.29, 1.82) is 0 Å². The minimum absolute atomic E-state index is 0.181. The number of hydrogen-bond donors (Lipinski definition) is 2. The van der Waals surface area contributed by atoms with Gasteiger partial charge >= 0.3 is 300 Å². The summed E-state index contributed by atoms with van der Waals surface area (Å²) < 4.78 is 67.7. The predicted octanol–water partition coefficient (Wildman–Crippen LogP) is 7.76. The van der Waals surface area contributed by atoms with Gasteiger partial charge in [0.05, 0.1) is 0 Å². The van der Waals surface area contributed by atoms with E-state index in [-0.39, 0.29) is 56.6 Å². The van der Waals surface area contributed by atoms with E-state index >= 15 is 17.6 Å². The van der Waals surface area contributed by atoms with Gasteiger partial charge < -0.3 is 0 Å². The van der Waals surface area contributed by atoms with Gasteiger partial charge in [-0.2, -0.15) is 0 Å². The molecule has 4 aromatic carbocycles. The zero-order valence-corrected chi connectivity index (χ0v) is 29.6. The molecule has 0 saturated carbocycles. The van der Waals surface area contributed by atoms with Crippen LogP contribution in [0.5, 0.6) is 0 Å². The molecular weight excluding hydrogens is 688 g/mol. The summed E-state index contributed by atoms with van der Waals surface area (Å²) in [6, 6.07) is 22.7. The zero-order chi connectivity index (χ0) is 35.8. The Kier molecular flexibility index (Phi) is 11.6. The second-order valence-electron chi connectivity index (χ2n) is 12.6. The van der Waals surface area contributed by atoms with Gasteiger partial charge in [-0.25, -0.2) is 0 Å². The number of amides is 2.